The molecule has 0 amide bonds. The Morgan fingerprint density at radius 3 is 2.26 bits per heavy atom. The second kappa shape index (κ2) is 6.62. The lowest BCUT2D eigenvalue weighted by molar-refractivity contribution is 0.198. The summed E-state index contributed by atoms with van der Waals surface area (Å²) in [5.74, 6) is 0.892. The van der Waals surface area contributed by atoms with Crippen molar-refractivity contribution in [2.75, 3.05) is 6.54 Å². The molecule has 1 rings (SSSR count). The fraction of sp³-hybridized carbons (Fsp3) is 0.625. The maximum absolute atomic E-state index is 6.16. The highest BCUT2D eigenvalue weighted by Gasteiger charge is 2.16. The Labute approximate surface area is 122 Å². The second-order valence-electron chi connectivity index (χ2n) is 5.92. The van der Waals surface area contributed by atoms with Crippen LogP contribution in [0.4, 0.5) is 0 Å². The summed E-state index contributed by atoms with van der Waals surface area (Å²) in [6, 6.07) is 3.99. The van der Waals surface area contributed by atoms with Crippen molar-refractivity contribution in [1.82, 2.24) is 5.32 Å². The van der Waals surface area contributed by atoms with Crippen LogP contribution >= 0.6 is 11.6 Å². The first-order chi connectivity index (χ1) is 8.75. The Morgan fingerprint density at radius 2 is 1.79 bits per heavy atom. The number of hydrogen-bond donors (Lipinski definition) is 1. The van der Waals surface area contributed by atoms with Crippen LogP contribution in [0.2, 0.25) is 5.02 Å². The van der Waals surface area contributed by atoms with Crippen LogP contribution in [-0.2, 0) is 0 Å². The number of ether oxygens (including phenoxy) is 1. The quantitative estimate of drug-likeness (QED) is 0.830. The molecule has 0 aromatic heterocycles. The first-order valence-electron chi connectivity index (χ1n) is 6.93. The molecule has 0 heterocycles. The van der Waals surface area contributed by atoms with Crippen LogP contribution in [0.15, 0.2) is 12.1 Å². The third-order valence-corrected chi connectivity index (χ3v) is 4.10. The second-order valence-corrected chi connectivity index (χ2v) is 6.30. The van der Waals surface area contributed by atoms with E-state index in [4.69, 9.17) is 16.3 Å². The third-order valence-electron chi connectivity index (χ3n) is 3.50. The van der Waals surface area contributed by atoms with E-state index in [9.17, 15) is 0 Å². The molecule has 0 fully saturated rings. The summed E-state index contributed by atoms with van der Waals surface area (Å²) in [6.45, 7) is 13.5. The maximum Gasteiger partial charge on any atom is 0.120 e. The monoisotopic (exact) mass is 283 g/mol. The van der Waals surface area contributed by atoms with Crippen LogP contribution in [0.5, 0.6) is 5.75 Å². The average molecular weight is 284 g/mol. The van der Waals surface area contributed by atoms with Gasteiger partial charge in [-0.05, 0) is 64.3 Å². The van der Waals surface area contributed by atoms with E-state index in [1.165, 1.54) is 0 Å². The van der Waals surface area contributed by atoms with Gasteiger partial charge in [0.25, 0.3) is 0 Å². The molecule has 1 atom stereocenters. The number of rotatable bonds is 6. The van der Waals surface area contributed by atoms with Crippen molar-refractivity contribution in [2.45, 2.75) is 59.6 Å². The van der Waals surface area contributed by atoms with Gasteiger partial charge in [0.2, 0.25) is 0 Å². The van der Waals surface area contributed by atoms with Crippen LogP contribution in [0.25, 0.3) is 0 Å². The van der Waals surface area contributed by atoms with Gasteiger partial charge in [-0.15, -0.1) is 0 Å². The van der Waals surface area contributed by atoms with Crippen LogP contribution < -0.4 is 10.1 Å². The molecular formula is C16H26ClNO. The fourth-order valence-corrected chi connectivity index (χ4v) is 1.90. The van der Waals surface area contributed by atoms with Crippen LogP contribution in [0.1, 0.15) is 45.2 Å². The van der Waals surface area contributed by atoms with E-state index in [0.29, 0.717) is 0 Å². The van der Waals surface area contributed by atoms with Crippen molar-refractivity contribution in [1.29, 1.82) is 0 Å². The Morgan fingerprint density at radius 1 is 1.26 bits per heavy atom. The average Bonchev–Trinajstić information content (AvgIpc) is 2.33. The van der Waals surface area contributed by atoms with Gasteiger partial charge in [-0.1, -0.05) is 18.5 Å². The molecule has 108 valence electrons. The number of hydrogen-bond acceptors (Lipinski definition) is 2. The van der Waals surface area contributed by atoms with E-state index in [-0.39, 0.29) is 11.6 Å². The van der Waals surface area contributed by atoms with Gasteiger partial charge < -0.3 is 10.1 Å². The molecule has 0 saturated carbocycles. The Balaban J connectivity index is 2.60. The summed E-state index contributed by atoms with van der Waals surface area (Å²) >= 11 is 6.16. The summed E-state index contributed by atoms with van der Waals surface area (Å²) in [5.41, 5.74) is 2.28. The zero-order valence-corrected chi connectivity index (χ0v) is 13.7. The summed E-state index contributed by atoms with van der Waals surface area (Å²) < 4.78 is 5.95. The van der Waals surface area contributed by atoms with E-state index in [1.807, 2.05) is 26.0 Å². The lowest BCUT2D eigenvalue weighted by Gasteiger charge is -2.27. The smallest absolute Gasteiger partial charge is 0.120 e. The number of aryl methyl sites for hydroxylation is 2. The normalized spacial score (nSPS) is 13.4. The Hall–Kier alpha value is -0.730. The van der Waals surface area contributed by atoms with Crippen LogP contribution in [-0.4, -0.2) is 18.2 Å². The summed E-state index contributed by atoms with van der Waals surface area (Å²) in [7, 11) is 0. The molecule has 1 unspecified atom stereocenters. The highest BCUT2D eigenvalue weighted by atomic mass is 35.5. The topological polar surface area (TPSA) is 21.3 Å². The van der Waals surface area contributed by atoms with E-state index in [2.05, 4.69) is 33.0 Å². The number of halogens is 1. The molecule has 1 N–H and O–H groups in total. The Kier molecular flexibility index (Phi) is 5.69. The number of benzene rings is 1. The first-order valence-corrected chi connectivity index (χ1v) is 7.31. The lowest BCUT2D eigenvalue weighted by atomic mass is 10.0. The lowest BCUT2D eigenvalue weighted by Crippen LogP contribution is -2.43. The summed E-state index contributed by atoms with van der Waals surface area (Å²) in [6.07, 6.45) is 1.23. The standard InChI is InChI=1S/C16H26ClNO/c1-7-16(5,6)18-10-13(4)19-14-8-11(2)15(17)12(3)9-14/h8-9,13,18H,7,10H2,1-6H3. The van der Waals surface area contributed by atoms with E-state index >= 15 is 0 Å². The van der Waals surface area contributed by atoms with Crippen molar-refractivity contribution in [3.8, 4) is 5.75 Å². The van der Waals surface area contributed by atoms with Gasteiger partial charge in [0.1, 0.15) is 11.9 Å². The molecule has 0 radical (unpaired) electrons. The van der Waals surface area contributed by atoms with E-state index in [1.54, 1.807) is 0 Å². The molecule has 0 spiro atoms. The SMILES string of the molecule is CCC(C)(C)NCC(C)Oc1cc(C)c(Cl)c(C)c1. The Bertz CT molecular complexity index is 406. The molecule has 1 aromatic carbocycles. The van der Waals surface area contributed by atoms with Crippen LogP contribution in [0, 0.1) is 13.8 Å². The van der Waals surface area contributed by atoms with Crippen molar-refractivity contribution in [3.05, 3.63) is 28.3 Å². The molecule has 0 saturated heterocycles. The highest BCUT2D eigenvalue weighted by molar-refractivity contribution is 6.32. The van der Waals surface area contributed by atoms with Gasteiger partial charge in [0.05, 0.1) is 0 Å². The van der Waals surface area contributed by atoms with Gasteiger partial charge in [0, 0.05) is 17.1 Å². The highest BCUT2D eigenvalue weighted by Crippen LogP contribution is 2.26. The molecule has 0 aliphatic carbocycles. The predicted octanol–water partition coefficient (Wildman–Crippen LogP) is 4.50. The van der Waals surface area contributed by atoms with Crippen molar-refractivity contribution >= 4 is 11.6 Å². The molecule has 0 aliphatic rings. The predicted molar refractivity (Wildman–Crippen MR) is 83.4 cm³/mol. The molecule has 0 aliphatic heterocycles. The maximum atomic E-state index is 6.16. The summed E-state index contributed by atoms with van der Waals surface area (Å²) in [4.78, 5) is 0. The largest absolute Gasteiger partial charge is 0.489 e. The molecular weight excluding hydrogens is 258 g/mol. The zero-order chi connectivity index (χ0) is 14.6. The minimum Gasteiger partial charge on any atom is -0.489 e. The minimum absolute atomic E-state index is 0.130. The van der Waals surface area contributed by atoms with Crippen LogP contribution in [0.3, 0.4) is 0 Å². The van der Waals surface area contributed by atoms with Crippen molar-refractivity contribution in [2.24, 2.45) is 0 Å². The fourth-order valence-electron chi connectivity index (χ4n) is 1.79. The third kappa shape index (κ3) is 5.04. The number of nitrogens with one attached hydrogen (secondary N) is 1. The van der Waals surface area contributed by atoms with E-state index < -0.39 is 0 Å². The van der Waals surface area contributed by atoms with Gasteiger partial charge in [-0.3, -0.25) is 0 Å². The molecule has 0 bridgehead atoms. The summed E-state index contributed by atoms with van der Waals surface area (Å²) in [5, 5.41) is 4.34. The minimum atomic E-state index is 0.130. The molecule has 2 nitrogen and oxygen atoms in total. The van der Waals surface area contributed by atoms with Gasteiger partial charge >= 0.3 is 0 Å². The zero-order valence-electron chi connectivity index (χ0n) is 12.9. The van der Waals surface area contributed by atoms with E-state index in [0.717, 1.165) is 34.9 Å². The van der Waals surface area contributed by atoms with Gasteiger partial charge in [0.15, 0.2) is 0 Å². The van der Waals surface area contributed by atoms with Gasteiger partial charge in [-0.2, -0.15) is 0 Å². The first kappa shape index (κ1) is 16.3. The molecule has 1 aromatic rings. The van der Waals surface area contributed by atoms with Gasteiger partial charge in [-0.25, -0.2) is 0 Å². The molecule has 19 heavy (non-hydrogen) atoms. The molecule has 3 heteroatoms. The van der Waals surface area contributed by atoms with Crippen molar-refractivity contribution in [3.63, 3.8) is 0 Å². The van der Waals surface area contributed by atoms with Crippen molar-refractivity contribution < 1.29 is 4.74 Å².